The van der Waals surface area contributed by atoms with Crippen LogP contribution < -0.4 is 10.1 Å². The van der Waals surface area contributed by atoms with E-state index < -0.39 is 6.10 Å². The van der Waals surface area contributed by atoms with Crippen LogP contribution in [0.15, 0.2) is 41.4 Å². The number of aromatic nitrogens is 2. The van der Waals surface area contributed by atoms with Crippen LogP contribution in [-0.2, 0) is 0 Å². The molecule has 0 spiro atoms. The number of benzene rings is 1. The van der Waals surface area contributed by atoms with Crippen molar-refractivity contribution in [1.82, 2.24) is 15.5 Å². The Morgan fingerprint density at radius 1 is 1.31 bits per heavy atom. The summed E-state index contributed by atoms with van der Waals surface area (Å²) in [7, 11) is 0. The lowest BCUT2D eigenvalue weighted by atomic mass is 10.1. The number of para-hydroxylation sites is 1. The van der Waals surface area contributed by atoms with E-state index in [9.17, 15) is 5.11 Å². The molecule has 8 heteroatoms. The van der Waals surface area contributed by atoms with Crippen molar-refractivity contribution in [3.8, 4) is 11.8 Å². The third kappa shape index (κ3) is 6.81. The quantitative estimate of drug-likeness (QED) is 0.634. The van der Waals surface area contributed by atoms with Crippen molar-refractivity contribution in [2.75, 3.05) is 18.9 Å². The molecule has 0 aliphatic heterocycles. The predicted octanol–water partition coefficient (Wildman–Crippen LogP) is 2.90. The van der Waals surface area contributed by atoms with Crippen LogP contribution in [0.25, 0.3) is 0 Å². The molecular weight excluding hydrogens is 372 g/mol. The zero-order chi connectivity index (χ0) is 19.0. The number of halogens is 1. The summed E-state index contributed by atoms with van der Waals surface area (Å²) in [6, 6.07) is 12.6. The molecule has 0 aliphatic rings. The van der Waals surface area contributed by atoms with Gasteiger partial charge in [-0.3, -0.25) is 0 Å². The molecule has 2 rings (SSSR count). The van der Waals surface area contributed by atoms with Gasteiger partial charge in [-0.05, 0) is 38.1 Å². The lowest BCUT2D eigenvalue weighted by molar-refractivity contribution is 0.100. The molecule has 138 valence electrons. The maximum absolute atomic E-state index is 10.1. The second kappa shape index (κ2) is 9.74. The third-order valence-corrected chi connectivity index (χ3v) is 5.02. The molecule has 0 saturated carbocycles. The van der Waals surface area contributed by atoms with Crippen molar-refractivity contribution in [1.29, 1.82) is 5.26 Å². The van der Waals surface area contributed by atoms with Crippen molar-refractivity contribution in [3.63, 3.8) is 0 Å². The van der Waals surface area contributed by atoms with E-state index in [-0.39, 0.29) is 12.1 Å². The highest BCUT2D eigenvalue weighted by Gasteiger charge is 2.20. The van der Waals surface area contributed by atoms with E-state index in [1.165, 1.54) is 0 Å². The minimum atomic E-state index is -0.693. The fourth-order valence-electron chi connectivity index (χ4n) is 2.01. The number of aliphatic hydroxyl groups is 1. The smallest absolute Gasteiger partial charge is 0.151 e. The Kier molecular flexibility index (Phi) is 7.66. The average molecular weight is 393 g/mol. The average Bonchev–Trinajstić information content (AvgIpc) is 2.64. The molecule has 2 N–H and O–H groups in total. The molecule has 0 fully saturated rings. The Bertz CT molecular complexity index is 750. The van der Waals surface area contributed by atoms with Gasteiger partial charge in [-0.25, -0.2) is 0 Å². The molecule has 0 bridgehead atoms. The van der Waals surface area contributed by atoms with Gasteiger partial charge in [0.1, 0.15) is 29.6 Å². The van der Waals surface area contributed by atoms with Gasteiger partial charge in [-0.15, -0.1) is 22.0 Å². The zero-order valence-electron chi connectivity index (χ0n) is 14.6. The van der Waals surface area contributed by atoms with Gasteiger partial charge in [0.15, 0.2) is 5.15 Å². The zero-order valence-corrected chi connectivity index (χ0v) is 16.2. The maximum Gasteiger partial charge on any atom is 0.151 e. The fraction of sp³-hybridized carbons (Fsp3) is 0.389. The first-order valence-electron chi connectivity index (χ1n) is 8.07. The number of aliphatic hydroxyl groups excluding tert-OH is 1. The van der Waals surface area contributed by atoms with Gasteiger partial charge >= 0.3 is 0 Å². The van der Waals surface area contributed by atoms with E-state index in [0.29, 0.717) is 23.0 Å². The molecule has 2 aromatic rings. The Morgan fingerprint density at radius 2 is 2.08 bits per heavy atom. The molecule has 1 atom stereocenters. The number of hydrogen-bond donors (Lipinski definition) is 2. The number of ether oxygens (including phenoxy) is 1. The molecule has 26 heavy (non-hydrogen) atoms. The highest BCUT2D eigenvalue weighted by molar-refractivity contribution is 7.99. The first kappa shape index (κ1) is 20.5. The van der Waals surface area contributed by atoms with Gasteiger partial charge in [-0.2, -0.15) is 5.26 Å². The van der Waals surface area contributed by atoms with Crippen molar-refractivity contribution in [3.05, 3.63) is 47.1 Å². The topological polar surface area (TPSA) is 91.1 Å². The maximum atomic E-state index is 10.1. The van der Waals surface area contributed by atoms with Crippen LogP contribution >= 0.6 is 23.4 Å². The lowest BCUT2D eigenvalue weighted by Gasteiger charge is -2.27. The van der Waals surface area contributed by atoms with Gasteiger partial charge in [0.25, 0.3) is 0 Å². The third-order valence-electron chi connectivity index (χ3n) is 3.44. The Labute approximate surface area is 162 Å². The largest absolute Gasteiger partial charge is 0.489 e. The SMILES string of the molecule is CC(C)(CSc1ccc(Cl)nn1)NCC(O)COc1ccccc1C#N. The minimum Gasteiger partial charge on any atom is -0.489 e. The van der Waals surface area contributed by atoms with Gasteiger partial charge in [0.05, 0.1) is 5.56 Å². The number of nitrogens with zero attached hydrogens (tertiary/aromatic N) is 3. The molecule has 0 aliphatic carbocycles. The van der Waals surface area contributed by atoms with E-state index in [0.717, 1.165) is 10.8 Å². The second-order valence-electron chi connectivity index (χ2n) is 6.32. The monoisotopic (exact) mass is 392 g/mol. The van der Waals surface area contributed by atoms with Crippen molar-refractivity contribution >= 4 is 23.4 Å². The minimum absolute atomic E-state index is 0.109. The summed E-state index contributed by atoms with van der Waals surface area (Å²) in [5.74, 6) is 1.22. The van der Waals surface area contributed by atoms with E-state index in [1.54, 1.807) is 42.1 Å². The van der Waals surface area contributed by atoms with Gasteiger partial charge < -0.3 is 15.2 Å². The number of nitriles is 1. The van der Waals surface area contributed by atoms with Crippen molar-refractivity contribution in [2.45, 2.75) is 30.5 Å². The molecule has 6 nitrogen and oxygen atoms in total. The summed E-state index contributed by atoms with van der Waals surface area (Å²) in [5, 5.41) is 31.5. The number of rotatable bonds is 9. The number of β-amino-alcohol motifs (C(OH)–C–C–N with tert-alkyl or cyclic N) is 1. The van der Waals surface area contributed by atoms with Gasteiger partial charge in [0, 0.05) is 17.8 Å². The highest BCUT2D eigenvalue weighted by atomic mass is 35.5. The number of hydrogen-bond acceptors (Lipinski definition) is 7. The van der Waals surface area contributed by atoms with E-state index in [2.05, 4.69) is 21.6 Å². The van der Waals surface area contributed by atoms with E-state index in [1.807, 2.05) is 19.9 Å². The summed E-state index contributed by atoms with van der Waals surface area (Å²) < 4.78 is 5.55. The van der Waals surface area contributed by atoms with E-state index in [4.69, 9.17) is 21.6 Å². The van der Waals surface area contributed by atoms with E-state index >= 15 is 0 Å². The molecule has 1 heterocycles. The number of nitrogens with one attached hydrogen (secondary N) is 1. The molecule has 0 radical (unpaired) electrons. The van der Waals surface area contributed by atoms with Gasteiger partial charge in [-0.1, -0.05) is 23.7 Å². The van der Waals surface area contributed by atoms with Gasteiger partial charge in [0.2, 0.25) is 0 Å². The van der Waals surface area contributed by atoms with Crippen molar-refractivity contribution < 1.29 is 9.84 Å². The van der Waals surface area contributed by atoms with Crippen LogP contribution in [0.2, 0.25) is 5.15 Å². The Balaban J connectivity index is 1.75. The fourth-order valence-corrected chi connectivity index (χ4v) is 2.98. The normalized spacial score (nSPS) is 12.4. The predicted molar refractivity (Wildman–Crippen MR) is 103 cm³/mol. The first-order chi connectivity index (χ1) is 12.4. The first-order valence-corrected chi connectivity index (χ1v) is 9.43. The lowest BCUT2D eigenvalue weighted by Crippen LogP contribution is -2.46. The summed E-state index contributed by atoms with van der Waals surface area (Å²) in [4.78, 5) is 0. The summed E-state index contributed by atoms with van der Waals surface area (Å²) in [6.45, 7) is 4.57. The summed E-state index contributed by atoms with van der Waals surface area (Å²) in [5.41, 5.74) is 0.228. The van der Waals surface area contributed by atoms with Crippen LogP contribution in [0.1, 0.15) is 19.4 Å². The molecule has 1 aromatic heterocycles. The Morgan fingerprint density at radius 3 is 2.77 bits per heavy atom. The van der Waals surface area contributed by atoms with Crippen LogP contribution in [0.3, 0.4) is 0 Å². The molecule has 1 aromatic carbocycles. The summed E-state index contributed by atoms with van der Waals surface area (Å²) in [6.07, 6.45) is -0.693. The Hall–Kier alpha value is -1.85. The van der Waals surface area contributed by atoms with Crippen LogP contribution in [0, 0.1) is 11.3 Å². The summed E-state index contributed by atoms with van der Waals surface area (Å²) >= 11 is 7.29. The van der Waals surface area contributed by atoms with Crippen LogP contribution in [0.4, 0.5) is 0 Å². The van der Waals surface area contributed by atoms with Crippen LogP contribution in [-0.4, -0.2) is 45.9 Å². The highest BCUT2D eigenvalue weighted by Crippen LogP contribution is 2.21. The molecular formula is C18H21ClN4O2S. The van der Waals surface area contributed by atoms with Crippen molar-refractivity contribution in [2.24, 2.45) is 0 Å². The molecule has 0 amide bonds. The van der Waals surface area contributed by atoms with Crippen LogP contribution in [0.5, 0.6) is 5.75 Å². The second-order valence-corrected chi connectivity index (χ2v) is 7.70. The number of thioether (sulfide) groups is 1. The molecule has 1 unspecified atom stereocenters. The standard InChI is InChI=1S/C18H21ClN4O2S/c1-18(2,12-26-17-8-7-16(19)22-23-17)21-10-14(24)11-25-15-6-4-3-5-13(15)9-20/h3-8,14,21,24H,10-12H2,1-2H3. The molecule has 0 saturated heterocycles.